The topological polar surface area (TPSA) is 83.8 Å². The maximum atomic E-state index is 10.9. The predicted molar refractivity (Wildman–Crippen MR) is 70.8 cm³/mol. The van der Waals surface area contributed by atoms with E-state index in [0.29, 0.717) is 12.2 Å². The van der Waals surface area contributed by atoms with Gasteiger partial charge in [-0.05, 0) is 19.4 Å². The fraction of sp³-hybridized carbons (Fsp3) is 0.455. The molecule has 0 aliphatic carbocycles. The van der Waals surface area contributed by atoms with Gasteiger partial charge in [0.2, 0.25) is 0 Å². The van der Waals surface area contributed by atoms with Gasteiger partial charge in [-0.3, -0.25) is 0 Å². The van der Waals surface area contributed by atoms with Gasteiger partial charge in [0.15, 0.2) is 0 Å². The summed E-state index contributed by atoms with van der Waals surface area (Å²) >= 11 is 0. The summed E-state index contributed by atoms with van der Waals surface area (Å²) in [4.78, 5) is 0. The van der Waals surface area contributed by atoms with Crippen LogP contribution < -0.4 is 10.2 Å². The van der Waals surface area contributed by atoms with Gasteiger partial charge in [-0.25, -0.2) is 8.42 Å². The van der Waals surface area contributed by atoms with Crippen LogP contribution in [0, 0.1) is 6.92 Å². The lowest BCUT2D eigenvalue weighted by Gasteiger charge is -2.11. The molecule has 0 aromatic heterocycles. The zero-order valence-corrected chi connectivity index (χ0v) is 11.3. The minimum atomic E-state index is -2.99. The molecule has 1 aromatic rings. The third kappa shape index (κ3) is 5.08. The molecule has 0 bridgehead atoms. The van der Waals surface area contributed by atoms with Crippen LogP contribution in [0.3, 0.4) is 0 Å². The van der Waals surface area contributed by atoms with Crippen molar-refractivity contribution in [3.05, 3.63) is 23.8 Å². The van der Waals surface area contributed by atoms with E-state index < -0.39 is 17.0 Å². The second-order valence-electron chi connectivity index (χ2n) is 4.25. The van der Waals surface area contributed by atoms with Crippen molar-refractivity contribution in [3.8, 4) is 5.75 Å². The maximum absolute atomic E-state index is 10.9. The van der Waals surface area contributed by atoms with Crippen molar-refractivity contribution in [2.24, 2.45) is 0 Å². The van der Waals surface area contributed by atoms with Crippen LogP contribution in [0.5, 0.6) is 5.75 Å². The van der Waals surface area contributed by atoms with E-state index in [4.69, 9.17) is 4.74 Å². The highest BCUT2D eigenvalue weighted by Gasteiger charge is 2.17. The summed E-state index contributed by atoms with van der Waals surface area (Å²) in [6.07, 6.45) is 1.54. The van der Waals surface area contributed by atoms with E-state index in [1.165, 1.54) is 6.26 Å². The molecule has 0 saturated heterocycles. The first-order chi connectivity index (χ1) is 8.29. The highest BCUT2D eigenvalue weighted by Crippen LogP contribution is 2.10. The van der Waals surface area contributed by atoms with Crippen LogP contribution in [0.1, 0.15) is 12.0 Å². The first-order valence-electron chi connectivity index (χ1n) is 5.57. The molecule has 0 fully saturated rings. The van der Waals surface area contributed by atoms with E-state index >= 15 is 0 Å². The number of hydrogen-bond donors (Lipinski definition) is 2. The molecule has 0 saturated carbocycles. The number of benzene rings is 1. The van der Waals surface area contributed by atoms with Crippen molar-refractivity contribution in [2.45, 2.75) is 13.3 Å². The molecular formula is C11H17BO5S. The first kappa shape index (κ1) is 15.0. The zero-order chi connectivity index (χ0) is 13.8. The summed E-state index contributed by atoms with van der Waals surface area (Å²) in [6, 6.07) is 5.05. The lowest BCUT2D eigenvalue weighted by molar-refractivity contribution is 0.318. The minimum Gasteiger partial charge on any atom is -0.494 e. The fourth-order valence-corrected chi connectivity index (χ4v) is 2.15. The Morgan fingerprint density at radius 2 is 2.00 bits per heavy atom. The number of sulfone groups is 1. The minimum absolute atomic E-state index is 0.0515. The molecule has 0 aliphatic heterocycles. The largest absolute Gasteiger partial charge is 0.494 e. The fourth-order valence-electron chi connectivity index (χ4n) is 1.50. The molecule has 0 atom stereocenters. The molecule has 1 aromatic carbocycles. The molecule has 0 aliphatic rings. The van der Waals surface area contributed by atoms with Gasteiger partial charge in [0.1, 0.15) is 15.6 Å². The third-order valence-corrected chi connectivity index (χ3v) is 3.39. The van der Waals surface area contributed by atoms with Gasteiger partial charge in [0, 0.05) is 11.7 Å². The number of rotatable bonds is 6. The molecule has 100 valence electrons. The first-order valence-corrected chi connectivity index (χ1v) is 7.63. The average molecular weight is 272 g/mol. The van der Waals surface area contributed by atoms with Crippen LogP contribution in [0.25, 0.3) is 0 Å². The van der Waals surface area contributed by atoms with Gasteiger partial charge in [-0.2, -0.15) is 0 Å². The molecule has 0 heterocycles. The molecule has 1 rings (SSSR count). The summed E-state index contributed by atoms with van der Waals surface area (Å²) in [6.45, 7) is 2.05. The molecule has 18 heavy (non-hydrogen) atoms. The second-order valence-corrected chi connectivity index (χ2v) is 6.51. The van der Waals surface area contributed by atoms with Crippen molar-refractivity contribution in [2.75, 3.05) is 18.6 Å². The van der Waals surface area contributed by atoms with Crippen LogP contribution in [-0.4, -0.2) is 44.2 Å². The smallest absolute Gasteiger partial charge is 0.492 e. The van der Waals surface area contributed by atoms with Crippen molar-refractivity contribution in [3.63, 3.8) is 0 Å². The molecule has 7 heteroatoms. The third-order valence-electron chi connectivity index (χ3n) is 2.36. The molecule has 0 amide bonds. The summed E-state index contributed by atoms with van der Waals surface area (Å²) in [5.41, 5.74) is 1.18. The Balaban J connectivity index is 2.62. The predicted octanol–water partition coefficient (Wildman–Crippen LogP) is -0.512. The van der Waals surface area contributed by atoms with Crippen LogP contribution in [0.4, 0.5) is 0 Å². The Bertz CT molecular complexity index is 498. The zero-order valence-electron chi connectivity index (χ0n) is 10.5. The van der Waals surface area contributed by atoms with Crippen LogP contribution >= 0.6 is 0 Å². The Morgan fingerprint density at radius 1 is 1.33 bits per heavy atom. The summed E-state index contributed by atoms with van der Waals surface area (Å²) < 4.78 is 27.2. The van der Waals surface area contributed by atoms with E-state index in [1.807, 2.05) is 6.92 Å². The Labute approximate surface area is 107 Å². The highest BCUT2D eigenvalue weighted by molar-refractivity contribution is 7.90. The van der Waals surface area contributed by atoms with Gasteiger partial charge >= 0.3 is 7.12 Å². The summed E-state index contributed by atoms with van der Waals surface area (Å²) in [7, 11) is -4.59. The highest BCUT2D eigenvalue weighted by atomic mass is 32.2. The van der Waals surface area contributed by atoms with Gasteiger partial charge in [0.25, 0.3) is 0 Å². The Kier molecular flexibility index (Phi) is 5.19. The van der Waals surface area contributed by atoms with Crippen LogP contribution in [-0.2, 0) is 9.84 Å². The van der Waals surface area contributed by atoms with E-state index in [-0.39, 0.29) is 17.8 Å². The number of aryl methyl sites for hydroxylation is 1. The molecular weight excluding hydrogens is 255 g/mol. The number of hydrogen-bond acceptors (Lipinski definition) is 5. The quantitative estimate of drug-likeness (QED) is 0.538. The normalized spacial score (nSPS) is 11.3. The summed E-state index contributed by atoms with van der Waals surface area (Å²) in [5.74, 6) is 0.416. The molecule has 2 N–H and O–H groups in total. The van der Waals surface area contributed by atoms with E-state index in [1.54, 1.807) is 18.2 Å². The number of ether oxygens (including phenoxy) is 1. The maximum Gasteiger partial charge on any atom is 0.492 e. The van der Waals surface area contributed by atoms with Crippen LogP contribution in [0.15, 0.2) is 18.2 Å². The van der Waals surface area contributed by atoms with Gasteiger partial charge in [0.05, 0.1) is 12.4 Å². The van der Waals surface area contributed by atoms with Gasteiger partial charge in [-0.1, -0.05) is 17.7 Å². The van der Waals surface area contributed by atoms with Crippen LogP contribution in [0.2, 0.25) is 0 Å². The van der Waals surface area contributed by atoms with Gasteiger partial charge < -0.3 is 14.8 Å². The van der Waals surface area contributed by atoms with Gasteiger partial charge in [-0.15, -0.1) is 0 Å². The van der Waals surface area contributed by atoms with E-state index in [2.05, 4.69) is 0 Å². The summed E-state index contributed by atoms with van der Waals surface area (Å²) in [5, 5.41) is 18.4. The molecule has 5 nitrogen and oxygen atoms in total. The Morgan fingerprint density at radius 3 is 2.56 bits per heavy atom. The van der Waals surface area contributed by atoms with Crippen molar-refractivity contribution in [1.82, 2.24) is 0 Å². The molecule has 0 radical (unpaired) electrons. The average Bonchev–Trinajstić information content (AvgIpc) is 2.24. The lowest BCUT2D eigenvalue weighted by atomic mass is 9.79. The molecule has 0 unspecified atom stereocenters. The Hall–Kier alpha value is -1.05. The van der Waals surface area contributed by atoms with Crippen molar-refractivity contribution in [1.29, 1.82) is 0 Å². The standard InChI is InChI=1S/C11H17BO5S/c1-9-4-5-11(10(8-9)12(13)14)17-6-3-7-18(2,15)16/h4-5,8,13-14H,3,6-7H2,1-2H3. The van der Waals surface area contributed by atoms with E-state index in [9.17, 15) is 18.5 Å². The second kappa shape index (κ2) is 6.22. The van der Waals surface area contributed by atoms with Crippen molar-refractivity contribution < 1.29 is 23.2 Å². The SMILES string of the molecule is Cc1ccc(OCCCS(C)(=O)=O)c(B(O)O)c1. The van der Waals surface area contributed by atoms with Crippen molar-refractivity contribution >= 4 is 22.4 Å². The monoisotopic (exact) mass is 272 g/mol. The molecule has 0 spiro atoms. The lowest BCUT2D eigenvalue weighted by Crippen LogP contribution is -2.32. The van der Waals surface area contributed by atoms with E-state index in [0.717, 1.165) is 5.56 Å².